The highest BCUT2D eigenvalue weighted by molar-refractivity contribution is 7.19. The van der Waals surface area contributed by atoms with Crippen LogP contribution in [0.25, 0.3) is 32.0 Å². The van der Waals surface area contributed by atoms with Gasteiger partial charge in [0.1, 0.15) is 0 Å². The lowest BCUT2D eigenvalue weighted by molar-refractivity contribution is 1.13. The number of benzene rings is 3. The van der Waals surface area contributed by atoms with Gasteiger partial charge in [-0.15, -0.1) is 11.3 Å². The predicted molar refractivity (Wildman–Crippen MR) is 115 cm³/mol. The molecule has 3 aromatic carbocycles. The Balaban J connectivity index is 1.85. The van der Waals surface area contributed by atoms with Crippen molar-refractivity contribution in [1.82, 2.24) is 0 Å². The van der Waals surface area contributed by atoms with Crippen molar-refractivity contribution >= 4 is 17.0 Å². The van der Waals surface area contributed by atoms with E-state index in [1.807, 2.05) is 11.3 Å². The van der Waals surface area contributed by atoms with Gasteiger partial charge < -0.3 is 4.90 Å². The number of anilines is 1. The zero-order chi connectivity index (χ0) is 17.9. The lowest BCUT2D eigenvalue weighted by atomic mass is 10.0. The molecule has 0 aliphatic rings. The molecule has 1 heterocycles. The maximum absolute atomic E-state index is 2.33. The molecule has 0 spiro atoms. The number of nitrogens with zero attached hydrogens (tertiary/aromatic N) is 1. The van der Waals surface area contributed by atoms with Crippen LogP contribution in [0.4, 0.5) is 5.69 Å². The van der Waals surface area contributed by atoms with Crippen LogP contribution in [0.2, 0.25) is 0 Å². The molecule has 0 amide bonds. The molecule has 26 heavy (non-hydrogen) atoms. The van der Waals surface area contributed by atoms with E-state index in [9.17, 15) is 0 Å². The lowest BCUT2D eigenvalue weighted by Gasteiger charge is -2.13. The highest BCUT2D eigenvalue weighted by atomic mass is 32.1. The van der Waals surface area contributed by atoms with E-state index in [1.165, 1.54) is 37.7 Å². The molecule has 1 nitrogen and oxygen atoms in total. The van der Waals surface area contributed by atoms with Crippen LogP contribution in [0.15, 0.2) is 91.0 Å². The molecule has 2 heteroatoms. The van der Waals surface area contributed by atoms with Gasteiger partial charge in [0.25, 0.3) is 0 Å². The van der Waals surface area contributed by atoms with Gasteiger partial charge in [-0.25, -0.2) is 0 Å². The van der Waals surface area contributed by atoms with Gasteiger partial charge in [-0.1, -0.05) is 72.8 Å². The maximum Gasteiger partial charge on any atom is 0.0427 e. The van der Waals surface area contributed by atoms with Crippen molar-refractivity contribution in [3.63, 3.8) is 0 Å². The molecule has 0 atom stereocenters. The molecule has 0 fully saturated rings. The molecule has 128 valence electrons. The van der Waals surface area contributed by atoms with Gasteiger partial charge in [-0.3, -0.25) is 0 Å². The molecule has 4 aromatic rings. The first-order valence-corrected chi connectivity index (χ1v) is 9.56. The van der Waals surface area contributed by atoms with Crippen LogP contribution in [0.3, 0.4) is 0 Å². The molecule has 0 N–H and O–H groups in total. The third-order valence-electron chi connectivity index (χ3n) is 4.52. The second kappa shape index (κ2) is 7.19. The fraction of sp³-hybridized carbons (Fsp3) is 0.0833. The Hall–Kier alpha value is -2.84. The fourth-order valence-corrected chi connectivity index (χ4v) is 4.28. The SMILES string of the molecule is CN(C)c1ccc(-c2cc(-c3ccccc3)sc2-c2ccccc2)cc1. The van der Waals surface area contributed by atoms with E-state index < -0.39 is 0 Å². The van der Waals surface area contributed by atoms with Crippen molar-refractivity contribution in [3.05, 3.63) is 91.0 Å². The molecule has 1 aromatic heterocycles. The average molecular weight is 356 g/mol. The highest BCUT2D eigenvalue weighted by Crippen LogP contribution is 2.43. The Morgan fingerprint density at radius 1 is 0.615 bits per heavy atom. The zero-order valence-electron chi connectivity index (χ0n) is 15.0. The quantitative estimate of drug-likeness (QED) is 0.388. The van der Waals surface area contributed by atoms with Gasteiger partial charge in [0.05, 0.1) is 0 Å². The lowest BCUT2D eigenvalue weighted by Crippen LogP contribution is -2.07. The molecule has 4 rings (SSSR count). The van der Waals surface area contributed by atoms with Gasteiger partial charge in [0.2, 0.25) is 0 Å². The van der Waals surface area contributed by atoms with E-state index in [-0.39, 0.29) is 0 Å². The van der Waals surface area contributed by atoms with Gasteiger partial charge in [0.15, 0.2) is 0 Å². The van der Waals surface area contributed by atoms with Crippen molar-refractivity contribution in [2.45, 2.75) is 0 Å². The Bertz CT molecular complexity index is 984. The Kier molecular flexibility index (Phi) is 4.59. The van der Waals surface area contributed by atoms with Crippen molar-refractivity contribution in [2.75, 3.05) is 19.0 Å². The molecule has 0 bridgehead atoms. The van der Waals surface area contributed by atoms with Crippen molar-refractivity contribution in [2.24, 2.45) is 0 Å². The van der Waals surface area contributed by atoms with Crippen molar-refractivity contribution < 1.29 is 0 Å². The summed E-state index contributed by atoms with van der Waals surface area (Å²) in [6.07, 6.45) is 0. The minimum atomic E-state index is 1.22. The minimum absolute atomic E-state index is 1.22. The van der Waals surface area contributed by atoms with E-state index in [2.05, 4.69) is 110 Å². The molecule has 0 unspecified atom stereocenters. The third-order valence-corrected chi connectivity index (χ3v) is 5.75. The van der Waals surface area contributed by atoms with Crippen LogP contribution in [0, 0.1) is 0 Å². The van der Waals surface area contributed by atoms with Gasteiger partial charge >= 0.3 is 0 Å². The fourth-order valence-electron chi connectivity index (χ4n) is 3.09. The summed E-state index contributed by atoms with van der Waals surface area (Å²) in [5.74, 6) is 0. The minimum Gasteiger partial charge on any atom is -0.378 e. The summed E-state index contributed by atoms with van der Waals surface area (Å²) in [4.78, 5) is 4.75. The Morgan fingerprint density at radius 2 is 1.19 bits per heavy atom. The molecular weight excluding hydrogens is 334 g/mol. The normalized spacial score (nSPS) is 10.7. The molecule has 0 saturated carbocycles. The number of hydrogen-bond acceptors (Lipinski definition) is 2. The number of thiophene rings is 1. The third kappa shape index (κ3) is 3.29. The van der Waals surface area contributed by atoms with Gasteiger partial charge in [-0.2, -0.15) is 0 Å². The summed E-state index contributed by atoms with van der Waals surface area (Å²) < 4.78 is 0. The zero-order valence-corrected chi connectivity index (χ0v) is 15.8. The van der Waals surface area contributed by atoms with Crippen molar-refractivity contribution in [3.8, 4) is 32.0 Å². The highest BCUT2D eigenvalue weighted by Gasteiger charge is 2.14. The smallest absolute Gasteiger partial charge is 0.0427 e. The van der Waals surface area contributed by atoms with E-state index in [4.69, 9.17) is 0 Å². The first-order valence-electron chi connectivity index (χ1n) is 8.75. The van der Waals surface area contributed by atoms with E-state index in [1.54, 1.807) is 0 Å². The summed E-state index contributed by atoms with van der Waals surface area (Å²) in [5.41, 5.74) is 6.31. The largest absolute Gasteiger partial charge is 0.378 e. The van der Waals surface area contributed by atoms with Crippen LogP contribution in [0.1, 0.15) is 0 Å². The predicted octanol–water partition coefficient (Wildman–Crippen LogP) is 6.82. The van der Waals surface area contributed by atoms with Crippen LogP contribution in [-0.4, -0.2) is 14.1 Å². The number of rotatable bonds is 4. The standard InChI is InChI=1S/C24H21NS/c1-25(2)21-15-13-18(14-16-21)22-17-23(19-9-5-3-6-10-19)26-24(22)20-11-7-4-8-12-20/h3-17H,1-2H3. The first-order chi connectivity index (χ1) is 12.7. The molecule has 0 aliphatic carbocycles. The summed E-state index contributed by atoms with van der Waals surface area (Å²) in [7, 11) is 4.14. The maximum atomic E-state index is 2.33. The van der Waals surface area contributed by atoms with E-state index in [0.717, 1.165) is 0 Å². The monoisotopic (exact) mass is 355 g/mol. The van der Waals surface area contributed by atoms with Gasteiger partial charge in [-0.05, 0) is 34.9 Å². The summed E-state index contributed by atoms with van der Waals surface area (Å²) in [6, 6.07) is 32.4. The Morgan fingerprint density at radius 3 is 1.77 bits per heavy atom. The van der Waals surface area contributed by atoms with Gasteiger partial charge in [0, 0.05) is 35.1 Å². The Labute approximate surface area is 159 Å². The van der Waals surface area contributed by atoms with Crippen molar-refractivity contribution in [1.29, 1.82) is 0 Å². The average Bonchev–Trinajstić information content (AvgIpc) is 3.15. The van der Waals surface area contributed by atoms with Crippen LogP contribution < -0.4 is 4.90 Å². The molecule has 0 radical (unpaired) electrons. The van der Waals surface area contributed by atoms with Crippen LogP contribution in [0.5, 0.6) is 0 Å². The topological polar surface area (TPSA) is 3.24 Å². The van der Waals surface area contributed by atoms with Crippen LogP contribution in [-0.2, 0) is 0 Å². The van der Waals surface area contributed by atoms with E-state index >= 15 is 0 Å². The summed E-state index contributed by atoms with van der Waals surface area (Å²) in [6.45, 7) is 0. The molecule has 0 aliphatic heterocycles. The molecular formula is C24H21NS. The molecule has 0 saturated heterocycles. The second-order valence-corrected chi connectivity index (χ2v) is 7.58. The summed E-state index contributed by atoms with van der Waals surface area (Å²) >= 11 is 1.86. The second-order valence-electron chi connectivity index (χ2n) is 6.53. The first kappa shape index (κ1) is 16.6. The van der Waals surface area contributed by atoms with Crippen LogP contribution >= 0.6 is 11.3 Å². The van der Waals surface area contributed by atoms with E-state index in [0.29, 0.717) is 0 Å². The summed E-state index contributed by atoms with van der Waals surface area (Å²) in [5, 5.41) is 0. The number of hydrogen-bond donors (Lipinski definition) is 0.